The van der Waals surface area contributed by atoms with Gasteiger partial charge in [0.05, 0.1) is 0 Å². The van der Waals surface area contributed by atoms with Crippen LogP contribution in [0.5, 0.6) is 0 Å². The smallest absolute Gasteiger partial charge is 0.0285 e. The molecule has 2 fully saturated rings. The monoisotopic (exact) mass is 233 g/mol. The minimum atomic E-state index is 0.406. The second-order valence-electron chi connectivity index (χ2n) is 6.60. The van der Waals surface area contributed by atoms with Gasteiger partial charge in [-0.1, -0.05) is 30.9 Å². The second-order valence-corrected chi connectivity index (χ2v) is 6.60. The van der Waals surface area contributed by atoms with Gasteiger partial charge in [0.25, 0.3) is 0 Å². The van der Waals surface area contributed by atoms with Gasteiger partial charge in [-0.05, 0) is 62.7 Å². The summed E-state index contributed by atoms with van der Waals surface area (Å²) in [6.45, 7) is 0. The molecule has 0 radical (unpaired) electrons. The highest BCUT2D eigenvalue weighted by molar-refractivity contribution is 5.15. The Kier molecular flexibility index (Phi) is 3.56. The lowest BCUT2D eigenvalue weighted by Crippen LogP contribution is -2.35. The van der Waals surface area contributed by atoms with Gasteiger partial charge in [0.15, 0.2) is 0 Å². The predicted molar refractivity (Wildman–Crippen MR) is 72.7 cm³/mol. The Morgan fingerprint density at radius 2 is 1.94 bits per heavy atom. The average molecular weight is 233 g/mol. The molecule has 2 saturated carbocycles. The Hall–Kier alpha value is -0.300. The third-order valence-electron chi connectivity index (χ3n) is 5.51. The van der Waals surface area contributed by atoms with Crippen LogP contribution in [-0.4, -0.2) is 6.04 Å². The summed E-state index contributed by atoms with van der Waals surface area (Å²) in [6, 6.07) is 0.406. The van der Waals surface area contributed by atoms with E-state index in [1.165, 1.54) is 64.2 Å². The molecule has 0 aromatic heterocycles. The van der Waals surface area contributed by atoms with Crippen molar-refractivity contribution in [2.75, 3.05) is 0 Å². The van der Waals surface area contributed by atoms with Gasteiger partial charge in [0.1, 0.15) is 0 Å². The third-order valence-corrected chi connectivity index (χ3v) is 5.51. The molecular formula is C16H27N. The van der Waals surface area contributed by atoms with Crippen LogP contribution in [0.4, 0.5) is 0 Å². The molecule has 3 rings (SSSR count). The van der Waals surface area contributed by atoms with E-state index in [4.69, 9.17) is 5.73 Å². The van der Waals surface area contributed by atoms with E-state index in [1.807, 2.05) is 0 Å². The van der Waals surface area contributed by atoms with E-state index < -0.39 is 0 Å². The molecule has 0 aromatic rings. The SMILES string of the molecule is NC(C1=CCCCCCC1)C1CC2CCC1C2. The molecule has 2 bridgehead atoms. The fraction of sp³-hybridized carbons (Fsp3) is 0.875. The van der Waals surface area contributed by atoms with Gasteiger partial charge in [-0.2, -0.15) is 0 Å². The number of fused-ring (bicyclic) bond motifs is 2. The van der Waals surface area contributed by atoms with Crippen molar-refractivity contribution in [2.45, 2.75) is 70.3 Å². The molecule has 3 aliphatic carbocycles. The number of rotatable bonds is 2. The van der Waals surface area contributed by atoms with Crippen molar-refractivity contribution in [1.29, 1.82) is 0 Å². The molecule has 4 atom stereocenters. The molecule has 4 unspecified atom stereocenters. The van der Waals surface area contributed by atoms with E-state index in [2.05, 4.69) is 6.08 Å². The predicted octanol–water partition coefficient (Wildman–Crippen LogP) is 4.03. The summed E-state index contributed by atoms with van der Waals surface area (Å²) in [5.41, 5.74) is 8.21. The van der Waals surface area contributed by atoms with Crippen LogP contribution < -0.4 is 5.73 Å². The zero-order valence-electron chi connectivity index (χ0n) is 11.0. The number of nitrogens with two attached hydrogens (primary N) is 1. The minimum absolute atomic E-state index is 0.406. The van der Waals surface area contributed by atoms with Crippen molar-refractivity contribution in [3.8, 4) is 0 Å². The Morgan fingerprint density at radius 1 is 1.06 bits per heavy atom. The maximum atomic E-state index is 6.59. The summed E-state index contributed by atoms with van der Waals surface area (Å²) in [4.78, 5) is 0. The molecule has 17 heavy (non-hydrogen) atoms. The van der Waals surface area contributed by atoms with Crippen LogP contribution in [0.3, 0.4) is 0 Å². The van der Waals surface area contributed by atoms with Crippen molar-refractivity contribution in [3.05, 3.63) is 11.6 Å². The summed E-state index contributed by atoms with van der Waals surface area (Å²) >= 11 is 0. The first-order valence-electron chi connectivity index (χ1n) is 7.79. The Labute approximate surface area is 106 Å². The van der Waals surface area contributed by atoms with Gasteiger partial charge in [0, 0.05) is 6.04 Å². The standard InChI is InChI=1S/C16H27N/c17-16(13-6-4-2-1-3-5-7-13)15-11-12-8-9-14(15)10-12/h6,12,14-16H,1-5,7-11,17H2. The summed E-state index contributed by atoms with van der Waals surface area (Å²) < 4.78 is 0. The Balaban J connectivity index is 1.66. The minimum Gasteiger partial charge on any atom is -0.324 e. The Morgan fingerprint density at radius 3 is 2.71 bits per heavy atom. The molecule has 96 valence electrons. The lowest BCUT2D eigenvalue weighted by atomic mass is 9.79. The molecule has 0 heterocycles. The maximum Gasteiger partial charge on any atom is 0.0285 e. The molecule has 1 nitrogen and oxygen atoms in total. The highest BCUT2D eigenvalue weighted by atomic mass is 14.7. The number of hydrogen-bond acceptors (Lipinski definition) is 1. The van der Waals surface area contributed by atoms with Crippen LogP contribution in [0.25, 0.3) is 0 Å². The lowest BCUT2D eigenvalue weighted by Gasteiger charge is -2.30. The van der Waals surface area contributed by atoms with Crippen LogP contribution in [0.2, 0.25) is 0 Å². The number of hydrogen-bond donors (Lipinski definition) is 1. The normalized spacial score (nSPS) is 39.6. The van der Waals surface area contributed by atoms with Gasteiger partial charge in [-0.15, -0.1) is 0 Å². The van der Waals surface area contributed by atoms with E-state index in [1.54, 1.807) is 5.57 Å². The first kappa shape index (κ1) is 11.8. The van der Waals surface area contributed by atoms with Crippen LogP contribution in [0.1, 0.15) is 64.2 Å². The second kappa shape index (κ2) is 5.14. The van der Waals surface area contributed by atoms with Crippen LogP contribution in [0, 0.1) is 17.8 Å². The van der Waals surface area contributed by atoms with E-state index in [0.717, 1.165) is 17.8 Å². The van der Waals surface area contributed by atoms with E-state index in [-0.39, 0.29) is 0 Å². The summed E-state index contributed by atoms with van der Waals surface area (Å²) in [6.07, 6.45) is 16.5. The molecule has 0 aliphatic heterocycles. The van der Waals surface area contributed by atoms with Gasteiger partial charge >= 0.3 is 0 Å². The summed E-state index contributed by atoms with van der Waals surface area (Å²) in [5, 5.41) is 0. The summed E-state index contributed by atoms with van der Waals surface area (Å²) in [5.74, 6) is 2.84. The van der Waals surface area contributed by atoms with Crippen LogP contribution in [0.15, 0.2) is 11.6 Å². The fourth-order valence-electron chi connectivity index (χ4n) is 4.53. The van der Waals surface area contributed by atoms with Crippen molar-refractivity contribution >= 4 is 0 Å². The molecule has 3 aliphatic rings. The average Bonchev–Trinajstić information content (AvgIpc) is 2.89. The highest BCUT2D eigenvalue weighted by Crippen LogP contribution is 2.50. The molecule has 0 saturated heterocycles. The van der Waals surface area contributed by atoms with Crippen molar-refractivity contribution in [1.82, 2.24) is 0 Å². The van der Waals surface area contributed by atoms with Crippen molar-refractivity contribution < 1.29 is 0 Å². The molecule has 0 spiro atoms. The first-order valence-corrected chi connectivity index (χ1v) is 7.79. The molecule has 1 heteroatoms. The zero-order chi connectivity index (χ0) is 11.7. The van der Waals surface area contributed by atoms with Gasteiger partial charge in [-0.25, -0.2) is 0 Å². The maximum absolute atomic E-state index is 6.59. The molecule has 0 aromatic carbocycles. The Bertz CT molecular complexity index is 294. The molecular weight excluding hydrogens is 206 g/mol. The summed E-state index contributed by atoms with van der Waals surface area (Å²) in [7, 11) is 0. The van der Waals surface area contributed by atoms with Crippen molar-refractivity contribution in [3.63, 3.8) is 0 Å². The lowest BCUT2D eigenvalue weighted by molar-refractivity contribution is 0.297. The first-order chi connectivity index (χ1) is 8.34. The highest BCUT2D eigenvalue weighted by Gasteiger charge is 2.42. The van der Waals surface area contributed by atoms with Gasteiger partial charge in [-0.3, -0.25) is 0 Å². The van der Waals surface area contributed by atoms with Crippen LogP contribution in [-0.2, 0) is 0 Å². The topological polar surface area (TPSA) is 26.0 Å². The van der Waals surface area contributed by atoms with Crippen LogP contribution >= 0.6 is 0 Å². The molecule has 2 N–H and O–H groups in total. The quantitative estimate of drug-likeness (QED) is 0.716. The van der Waals surface area contributed by atoms with Gasteiger partial charge < -0.3 is 5.73 Å². The molecule has 0 amide bonds. The van der Waals surface area contributed by atoms with E-state index >= 15 is 0 Å². The fourth-order valence-corrected chi connectivity index (χ4v) is 4.53. The largest absolute Gasteiger partial charge is 0.324 e. The van der Waals surface area contributed by atoms with Crippen molar-refractivity contribution in [2.24, 2.45) is 23.5 Å². The third kappa shape index (κ3) is 2.45. The zero-order valence-corrected chi connectivity index (χ0v) is 11.0. The number of allylic oxidation sites excluding steroid dienone is 1. The van der Waals surface area contributed by atoms with E-state index in [9.17, 15) is 0 Å². The van der Waals surface area contributed by atoms with E-state index in [0.29, 0.717) is 6.04 Å². The van der Waals surface area contributed by atoms with Gasteiger partial charge in [0.2, 0.25) is 0 Å².